The standard InChI is InChI=1S/C14H6BrF2N3O/c15-12-13-11(19-6-20-13)4-10(17)14(12)21-8-1-2-9(16)7(3-8)5-18/h1-4,6H,(H,19,20). The van der Waals surface area contributed by atoms with Gasteiger partial charge in [0, 0.05) is 12.1 Å². The molecule has 104 valence electrons. The summed E-state index contributed by atoms with van der Waals surface area (Å²) in [7, 11) is 0. The SMILES string of the molecule is N#Cc1cc(Oc2c(F)cc3[nH]cnc3c2Br)ccc1F. The summed E-state index contributed by atoms with van der Waals surface area (Å²) < 4.78 is 33.1. The van der Waals surface area contributed by atoms with Crippen LogP contribution in [0.3, 0.4) is 0 Å². The number of imidazole rings is 1. The molecule has 21 heavy (non-hydrogen) atoms. The number of halogens is 3. The van der Waals surface area contributed by atoms with Gasteiger partial charge in [0.05, 0.1) is 21.9 Å². The van der Waals surface area contributed by atoms with Crippen LogP contribution in [-0.2, 0) is 0 Å². The van der Waals surface area contributed by atoms with Crippen LogP contribution in [0.1, 0.15) is 5.56 Å². The molecule has 0 bridgehead atoms. The minimum Gasteiger partial charge on any atom is -0.453 e. The smallest absolute Gasteiger partial charge is 0.179 e. The van der Waals surface area contributed by atoms with Gasteiger partial charge in [0.15, 0.2) is 11.6 Å². The molecule has 3 aromatic rings. The second-order valence-electron chi connectivity index (χ2n) is 4.16. The molecule has 3 rings (SSSR count). The van der Waals surface area contributed by atoms with Crippen LogP contribution in [0.2, 0.25) is 0 Å². The number of nitrogens with zero attached hydrogens (tertiary/aromatic N) is 2. The molecule has 1 aromatic heterocycles. The highest BCUT2D eigenvalue weighted by molar-refractivity contribution is 9.10. The molecule has 2 aromatic carbocycles. The summed E-state index contributed by atoms with van der Waals surface area (Å²) in [6, 6.07) is 6.56. The average Bonchev–Trinajstić information content (AvgIpc) is 2.93. The quantitative estimate of drug-likeness (QED) is 0.751. The summed E-state index contributed by atoms with van der Waals surface area (Å²) in [6.45, 7) is 0. The largest absolute Gasteiger partial charge is 0.453 e. The molecule has 0 saturated heterocycles. The van der Waals surface area contributed by atoms with Crippen molar-refractivity contribution < 1.29 is 13.5 Å². The van der Waals surface area contributed by atoms with E-state index in [2.05, 4.69) is 25.9 Å². The number of H-pyrrole nitrogens is 1. The fourth-order valence-corrected chi connectivity index (χ4v) is 2.45. The number of fused-ring (bicyclic) bond motifs is 1. The normalized spacial score (nSPS) is 10.6. The molecule has 0 atom stereocenters. The van der Waals surface area contributed by atoms with Gasteiger partial charge < -0.3 is 9.72 Å². The zero-order valence-electron chi connectivity index (χ0n) is 10.3. The predicted molar refractivity (Wildman–Crippen MR) is 74.9 cm³/mol. The molecule has 0 fully saturated rings. The lowest BCUT2D eigenvalue weighted by Gasteiger charge is -2.09. The molecule has 0 amide bonds. The molecule has 0 radical (unpaired) electrons. The number of aromatic amines is 1. The first kappa shape index (κ1) is 13.5. The van der Waals surface area contributed by atoms with Gasteiger partial charge in [-0.05, 0) is 28.1 Å². The highest BCUT2D eigenvalue weighted by Gasteiger charge is 2.16. The Morgan fingerprint density at radius 1 is 1.24 bits per heavy atom. The summed E-state index contributed by atoms with van der Waals surface area (Å²) in [5, 5.41) is 8.79. The first-order valence-electron chi connectivity index (χ1n) is 5.78. The molecule has 0 saturated carbocycles. The number of nitriles is 1. The summed E-state index contributed by atoms with van der Waals surface area (Å²) in [5.41, 5.74) is 0.849. The van der Waals surface area contributed by atoms with E-state index < -0.39 is 11.6 Å². The van der Waals surface area contributed by atoms with Crippen LogP contribution in [0.15, 0.2) is 35.1 Å². The number of ether oxygens (including phenoxy) is 1. The Kier molecular flexibility index (Phi) is 3.31. The average molecular weight is 350 g/mol. The molecule has 0 aliphatic heterocycles. The van der Waals surface area contributed by atoms with Gasteiger partial charge >= 0.3 is 0 Å². The summed E-state index contributed by atoms with van der Waals surface area (Å²) in [6.07, 6.45) is 1.43. The lowest BCUT2D eigenvalue weighted by Crippen LogP contribution is -1.93. The van der Waals surface area contributed by atoms with Crippen LogP contribution < -0.4 is 4.74 Å². The molecular weight excluding hydrogens is 344 g/mol. The van der Waals surface area contributed by atoms with Gasteiger partial charge in [-0.25, -0.2) is 13.8 Å². The van der Waals surface area contributed by atoms with Gasteiger partial charge in [-0.3, -0.25) is 0 Å². The minimum atomic E-state index is -0.660. The van der Waals surface area contributed by atoms with Crippen molar-refractivity contribution in [3.05, 3.63) is 52.3 Å². The fourth-order valence-electron chi connectivity index (χ4n) is 1.86. The highest BCUT2D eigenvalue weighted by Crippen LogP contribution is 2.37. The van der Waals surface area contributed by atoms with E-state index >= 15 is 0 Å². The van der Waals surface area contributed by atoms with E-state index in [4.69, 9.17) is 10.00 Å². The van der Waals surface area contributed by atoms with Crippen LogP contribution in [0, 0.1) is 23.0 Å². The van der Waals surface area contributed by atoms with Crippen molar-refractivity contribution in [3.63, 3.8) is 0 Å². The van der Waals surface area contributed by atoms with E-state index in [0.29, 0.717) is 15.5 Å². The Bertz CT molecular complexity index is 886. The topological polar surface area (TPSA) is 61.7 Å². The van der Waals surface area contributed by atoms with Gasteiger partial charge in [0.2, 0.25) is 0 Å². The molecule has 1 N–H and O–H groups in total. The van der Waals surface area contributed by atoms with Crippen LogP contribution in [0.5, 0.6) is 11.5 Å². The Labute approximate surface area is 126 Å². The van der Waals surface area contributed by atoms with E-state index in [9.17, 15) is 8.78 Å². The Morgan fingerprint density at radius 2 is 2.05 bits per heavy atom. The number of rotatable bonds is 2. The van der Waals surface area contributed by atoms with E-state index in [-0.39, 0.29) is 17.1 Å². The van der Waals surface area contributed by atoms with Crippen molar-refractivity contribution in [2.24, 2.45) is 0 Å². The monoisotopic (exact) mass is 349 g/mol. The third-order valence-electron chi connectivity index (χ3n) is 2.84. The number of benzene rings is 2. The zero-order chi connectivity index (χ0) is 15.0. The van der Waals surface area contributed by atoms with Gasteiger partial charge in [-0.15, -0.1) is 0 Å². The van der Waals surface area contributed by atoms with Crippen molar-refractivity contribution in [1.29, 1.82) is 5.26 Å². The van der Waals surface area contributed by atoms with Gasteiger partial charge in [0.25, 0.3) is 0 Å². The van der Waals surface area contributed by atoms with Gasteiger partial charge in [0.1, 0.15) is 23.2 Å². The second kappa shape index (κ2) is 5.14. The van der Waals surface area contributed by atoms with Crippen LogP contribution >= 0.6 is 15.9 Å². The van der Waals surface area contributed by atoms with E-state index in [1.807, 2.05) is 0 Å². The second-order valence-corrected chi connectivity index (χ2v) is 4.95. The van der Waals surface area contributed by atoms with E-state index in [1.165, 1.54) is 24.5 Å². The first-order valence-corrected chi connectivity index (χ1v) is 6.58. The van der Waals surface area contributed by atoms with E-state index in [1.54, 1.807) is 6.07 Å². The van der Waals surface area contributed by atoms with Crippen molar-refractivity contribution in [1.82, 2.24) is 9.97 Å². The number of hydrogen-bond donors (Lipinski definition) is 1. The molecule has 0 aliphatic rings. The Hall–Kier alpha value is -2.46. The zero-order valence-corrected chi connectivity index (χ0v) is 11.9. The van der Waals surface area contributed by atoms with Gasteiger partial charge in [-0.2, -0.15) is 5.26 Å². The van der Waals surface area contributed by atoms with Crippen molar-refractivity contribution in [3.8, 4) is 17.6 Å². The highest BCUT2D eigenvalue weighted by atomic mass is 79.9. The van der Waals surface area contributed by atoms with Crippen LogP contribution in [0.25, 0.3) is 11.0 Å². The molecule has 0 aliphatic carbocycles. The molecular formula is C14H6BrF2N3O. The maximum atomic E-state index is 14.1. The Balaban J connectivity index is 2.08. The first-order chi connectivity index (χ1) is 10.1. The lowest BCUT2D eigenvalue weighted by molar-refractivity contribution is 0.439. The summed E-state index contributed by atoms with van der Waals surface area (Å²) >= 11 is 3.23. The molecule has 0 unspecified atom stereocenters. The third-order valence-corrected chi connectivity index (χ3v) is 3.58. The lowest BCUT2D eigenvalue weighted by atomic mass is 10.2. The van der Waals surface area contributed by atoms with Crippen molar-refractivity contribution in [2.45, 2.75) is 0 Å². The fraction of sp³-hybridized carbons (Fsp3) is 0. The molecule has 7 heteroatoms. The maximum Gasteiger partial charge on any atom is 0.179 e. The molecule has 1 heterocycles. The summed E-state index contributed by atoms with van der Waals surface area (Å²) in [4.78, 5) is 6.84. The third kappa shape index (κ3) is 2.34. The summed E-state index contributed by atoms with van der Waals surface area (Å²) in [5.74, 6) is -1.19. The number of aromatic nitrogens is 2. The van der Waals surface area contributed by atoms with E-state index in [0.717, 1.165) is 6.07 Å². The van der Waals surface area contributed by atoms with Crippen molar-refractivity contribution >= 4 is 27.0 Å². The molecule has 4 nitrogen and oxygen atoms in total. The number of hydrogen-bond acceptors (Lipinski definition) is 3. The van der Waals surface area contributed by atoms with Gasteiger partial charge in [-0.1, -0.05) is 0 Å². The predicted octanol–water partition coefficient (Wildman–Crippen LogP) is 4.27. The van der Waals surface area contributed by atoms with Crippen molar-refractivity contribution in [2.75, 3.05) is 0 Å². The minimum absolute atomic E-state index is 0.0786. The molecule has 0 spiro atoms. The number of nitrogens with one attached hydrogen (secondary N) is 1. The van der Waals surface area contributed by atoms with Crippen LogP contribution in [-0.4, -0.2) is 9.97 Å². The Morgan fingerprint density at radius 3 is 2.81 bits per heavy atom. The van der Waals surface area contributed by atoms with Crippen LogP contribution in [0.4, 0.5) is 8.78 Å². The maximum absolute atomic E-state index is 14.1.